The first-order chi connectivity index (χ1) is 19.7. The molecule has 0 fully saturated rings. The molecule has 41 heavy (non-hydrogen) atoms. The predicted molar refractivity (Wildman–Crippen MR) is 166 cm³/mol. The second kappa shape index (κ2) is 14.1. The highest BCUT2D eigenvalue weighted by Crippen LogP contribution is 2.28. The van der Waals surface area contributed by atoms with E-state index in [4.69, 9.17) is 11.6 Å². The van der Waals surface area contributed by atoms with Crippen molar-refractivity contribution in [3.8, 4) is 0 Å². The summed E-state index contributed by atoms with van der Waals surface area (Å²) in [6, 6.07) is 26.7. The van der Waals surface area contributed by atoms with Gasteiger partial charge in [-0.15, -0.1) is 11.8 Å². The summed E-state index contributed by atoms with van der Waals surface area (Å²) in [5.74, 6) is -2.01. The largest absolute Gasteiger partial charge is 0.324 e. The highest BCUT2D eigenvalue weighted by molar-refractivity contribution is 9.10. The maximum absolute atomic E-state index is 14.5. The Morgan fingerprint density at radius 3 is 2.24 bits per heavy atom. The molecular weight excluding hydrogens is 629 g/mol. The van der Waals surface area contributed by atoms with E-state index in [2.05, 4.69) is 31.9 Å². The van der Waals surface area contributed by atoms with E-state index in [0.717, 1.165) is 9.37 Å². The quantitative estimate of drug-likeness (QED) is 0.127. The van der Waals surface area contributed by atoms with Crippen molar-refractivity contribution in [2.75, 3.05) is 10.6 Å². The van der Waals surface area contributed by atoms with Crippen LogP contribution >= 0.6 is 39.3 Å². The first kappa shape index (κ1) is 30.0. The molecule has 4 rings (SSSR count). The molecule has 0 saturated carbocycles. The maximum atomic E-state index is 14.5. The summed E-state index contributed by atoms with van der Waals surface area (Å²) < 4.78 is 15.3. The Morgan fingerprint density at radius 1 is 0.878 bits per heavy atom. The minimum absolute atomic E-state index is 0.0331. The number of rotatable bonds is 9. The number of carbonyl (C=O) groups excluding carboxylic acids is 3. The zero-order valence-electron chi connectivity index (χ0n) is 21.7. The summed E-state index contributed by atoms with van der Waals surface area (Å²) in [5, 5.41) is 7.87. The monoisotopic (exact) mass is 651 g/mol. The Labute approximate surface area is 254 Å². The number of para-hydroxylation sites is 1. The minimum atomic E-state index is -0.671. The van der Waals surface area contributed by atoms with Crippen LogP contribution < -0.4 is 16.0 Å². The topological polar surface area (TPSA) is 87.3 Å². The maximum Gasteiger partial charge on any atom is 0.272 e. The molecule has 4 aromatic rings. The summed E-state index contributed by atoms with van der Waals surface area (Å²) >= 11 is 10.9. The Bertz CT molecular complexity index is 1580. The fraction of sp³-hybridized carbons (Fsp3) is 0.0645. The van der Waals surface area contributed by atoms with Crippen LogP contribution in [-0.4, -0.2) is 23.0 Å². The van der Waals surface area contributed by atoms with Crippen LogP contribution in [0.25, 0.3) is 6.08 Å². The van der Waals surface area contributed by atoms with E-state index in [-0.39, 0.29) is 22.2 Å². The highest BCUT2D eigenvalue weighted by atomic mass is 79.9. The lowest BCUT2D eigenvalue weighted by molar-refractivity contribution is -0.115. The zero-order chi connectivity index (χ0) is 29.4. The lowest BCUT2D eigenvalue weighted by Gasteiger charge is -2.14. The van der Waals surface area contributed by atoms with Crippen molar-refractivity contribution in [1.82, 2.24) is 5.32 Å². The zero-order valence-corrected chi connectivity index (χ0v) is 24.8. The highest BCUT2D eigenvalue weighted by Gasteiger charge is 2.18. The van der Waals surface area contributed by atoms with Crippen LogP contribution in [-0.2, 0) is 9.59 Å². The number of hydrogen-bond donors (Lipinski definition) is 3. The Hall–Kier alpha value is -3.92. The van der Waals surface area contributed by atoms with Crippen molar-refractivity contribution in [3.63, 3.8) is 0 Å². The Balaban J connectivity index is 1.47. The molecule has 0 heterocycles. The van der Waals surface area contributed by atoms with E-state index >= 15 is 0 Å². The van der Waals surface area contributed by atoms with Gasteiger partial charge in [-0.2, -0.15) is 0 Å². The molecule has 1 unspecified atom stereocenters. The number of carbonyl (C=O) groups is 3. The van der Waals surface area contributed by atoms with Crippen molar-refractivity contribution >= 4 is 74.5 Å². The molecule has 4 aromatic carbocycles. The van der Waals surface area contributed by atoms with E-state index in [1.807, 2.05) is 24.3 Å². The molecule has 0 aromatic heterocycles. The molecule has 6 nitrogen and oxygen atoms in total. The van der Waals surface area contributed by atoms with Gasteiger partial charge in [0.1, 0.15) is 11.5 Å². The van der Waals surface area contributed by atoms with Gasteiger partial charge in [-0.25, -0.2) is 4.39 Å². The average Bonchev–Trinajstić information content (AvgIpc) is 2.97. The van der Waals surface area contributed by atoms with Gasteiger partial charge in [0, 0.05) is 26.2 Å². The van der Waals surface area contributed by atoms with E-state index in [0.29, 0.717) is 16.9 Å². The number of thioether (sulfide) groups is 1. The van der Waals surface area contributed by atoms with Crippen molar-refractivity contribution in [2.45, 2.75) is 17.1 Å². The Kier molecular flexibility index (Phi) is 10.3. The average molecular weight is 653 g/mol. The summed E-state index contributed by atoms with van der Waals surface area (Å²) in [5.41, 5.74) is 1.22. The molecule has 1 atom stereocenters. The molecule has 3 N–H and O–H groups in total. The molecule has 0 spiro atoms. The molecule has 0 saturated heterocycles. The predicted octanol–water partition coefficient (Wildman–Crippen LogP) is 7.77. The van der Waals surface area contributed by atoms with Crippen LogP contribution in [0.15, 0.2) is 112 Å². The second-order valence-corrected chi connectivity index (χ2v) is 11.4. The minimum Gasteiger partial charge on any atom is -0.324 e. The smallest absolute Gasteiger partial charge is 0.272 e. The van der Waals surface area contributed by atoms with Gasteiger partial charge in [0.25, 0.3) is 11.8 Å². The summed E-state index contributed by atoms with van der Waals surface area (Å²) in [6.07, 6.45) is 1.20. The van der Waals surface area contributed by atoms with Gasteiger partial charge >= 0.3 is 0 Å². The van der Waals surface area contributed by atoms with Crippen LogP contribution in [0, 0.1) is 5.82 Å². The summed E-state index contributed by atoms with van der Waals surface area (Å²) in [6.45, 7) is 1.80. The number of benzene rings is 4. The molecule has 0 aliphatic carbocycles. The van der Waals surface area contributed by atoms with Crippen molar-refractivity contribution in [2.24, 2.45) is 0 Å². The number of amides is 3. The SMILES string of the molecule is CC(Sc1ccc(NC(=O)/C(=C/c2c(F)cccc2Cl)NC(=O)c2ccccc2)cc1)C(=O)Nc1ccccc1Br. The van der Waals surface area contributed by atoms with Gasteiger partial charge < -0.3 is 16.0 Å². The third-order valence-electron chi connectivity index (χ3n) is 5.74. The van der Waals surface area contributed by atoms with E-state index in [1.54, 1.807) is 61.5 Å². The standard InChI is InChI=1S/C31H24BrClFN3O3S/c1-19(29(38)36-27-13-6-5-10-24(27)32)41-22-16-14-21(15-17-22)35-31(40)28(18-23-25(33)11-7-12-26(23)34)37-30(39)20-8-3-2-4-9-20/h2-19H,1H3,(H,35,40)(H,36,38)(H,37,39)/b28-18-. The molecule has 208 valence electrons. The van der Waals surface area contributed by atoms with Gasteiger partial charge in [-0.1, -0.05) is 48.0 Å². The van der Waals surface area contributed by atoms with Gasteiger partial charge in [0.15, 0.2) is 0 Å². The Morgan fingerprint density at radius 2 is 1.56 bits per heavy atom. The van der Waals surface area contributed by atoms with E-state index < -0.39 is 22.9 Å². The molecule has 3 amide bonds. The molecular formula is C31H24BrClFN3O3S. The molecule has 0 aliphatic heterocycles. The number of hydrogen-bond acceptors (Lipinski definition) is 4. The molecule has 0 aliphatic rings. The van der Waals surface area contributed by atoms with Crippen molar-refractivity contribution < 1.29 is 18.8 Å². The first-order valence-electron chi connectivity index (χ1n) is 12.4. The normalized spacial score (nSPS) is 11.9. The fourth-order valence-corrected chi connectivity index (χ4v) is 5.07. The number of nitrogens with one attached hydrogen (secondary N) is 3. The van der Waals surface area contributed by atoms with E-state index in [9.17, 15) is 18.8 Å². The van der Waals surface area contributed by atoms with Gasteiger partial charge in [-0.05, 0) is 89.6 Å². The first-order valence-corrected chi connectivity index (χ1v) is 14.4. The van der Waals surface area contributed by atoms with Gasteiger partial charge in [-0.3, -0.25) is 14.4 Å². The number of anilines is 2. The van der Waals surface area contributed by atoms with Crippen LogP contribution in [0.1, 0.15) is 22.8 Å². The van der Waals surface area contributed by atoms with E-state index in [1.165, 1.54) is 36.0 Å². The van der Waals surface area contributed by atoms with Crippen molar-refractivity contribution in [1.29, 1.82) is 0 Å². The lowest BCUT2D eigenvalue weighted by atomic mass is 10.1. The third kappa shape index (κ3) is 8.29. The van der Waals surface area contributed by atoms with Crippen LogP contribution in [0.4, 0.5) is 15.8 Å². The van der Waals surface area contributed by atoms with Crippen molar-refractivity contribution in [3.05, 3.63) is 129 Å². The summed E-state index contributed by atoms with van der Waals surface area (Å²) in [4.78, 5) is 39.5. The summed E-state index contributed by atoms with van der Waals surface area (Å²) in [7, 11) is 0. The number of halogens is 3. The van der Waals surface area contributed by atoms with Crippen LogP contribution in [0.2, 0.25) is 5.02 Å². The second-order valence-electron chi connectivity index (χ2n) is 8.72. The van der Waals surface area contributed by atoms with Gasteiger partial charge in [0.2, 0.25) is 5.91 Å². The molecule has 0 bridgehead atoms. The lowest BCUT2D eigenvalue weighted by Crippen LogP contribution is -2.30. The van der Waals surface area contributed by atoms with Crippen LogP contribution in [0.5, 0.6) is 0 Å². The molecule has 0 radical (unpaired) electrons. The van der Waals surface area contributed by atoms with Crippen LogP contribution in [0.3, 0.4) is 0 Å². The fourth-order valence-electron chi connectivity index (χ4n) is 3.61. The molecule has 10 heteroatoms. The van der Waals surface area contributed by atoms with Gasteiger partial charge in [0.05, 0.1) is 16.0 Å². The third-order valence-corrected chi connectivity index (χ3v) is 7.88.